The molecular weight excluding hydrogens is 458 g/mol. The van der Waals surface area contributed by atoms with Gasteiger partial charge in [-0.3, -0.25) is 0 Å². The van der Waals surface area contributed by atoms with E-state index in [1.165, 1.54) is 49.7 Å². The Morgan fingerprint density at radius 2 is 1.66 bits per heavy atom. The van der Waals surface area contributed by atoms with Crippen LogP contribution in [0.5, 0.6) is 5.75 Å². The van der Waals surface area contributed by atoms with Gasteiger partial charge in [-0.15, -0.1) is 11.3 Å². The summed E-state index contributed by atoms with van der Waals surface area (Å²) in [6, 6.07) is 13.6. The molecule has 6 heteroatoms. The fraction of sp³-hybridized carbons (Fsp3) is 0.448. The van der Waals surface area contributed by atoms with E-state index in [2.05, 4.69) is 23.2 Å². The van der Waals surface area contributed by atoms with Crippen LogP contribution in [0.25, 0.3) is 21.0 Å². The number of hydrogen-bond acceptors (Lipinski definition) is 5. The fourth-order valence-electron chi connectivity index (χ4n) is 7.20. The van der Waals surface area contributed by atoms with Gasteiger partial charge in [0.25, 0.3) is 0 Å². The highest BCUT2D eigenvalue weighted by atomic mass is 32.1. The molecule has 4 bridgehead atoms. The molecule has 7 rings (SSSR count). The number of ether oxygens (including phenoxy) is 2. The highest BCUT2D eigenvalue weighted by Crippen LogP contribution is 2.62. The Morgan fingerprint density at radius 3 is 2.29 bits per heavy atom. The molecule has 3 aromatic rings. The van der Waals surface area contributed by atoms with Gasteiger partial charge in [0.2, 0.25) is 0 Å². The van der Waals surface area contributed by atoms with E-state index in [-0.39, 0.29) is 11.0 Å². The minimum Gasteiger partial charge on any atom is -0.491 e. The molecule has 4 saturated carbocycles. The van der Waals surface area contributed by atoms with Crippen molar-refractivity contribution in [2.75, 3.05) is 20.3 Å². The quantitative estimate of drug-likeness (QED) is 0.358. The van der Waals surface area contributed by atoms with E-state index in [9.17, 15) is 9.90 Å². The van der Waals surface area contributed by atoms with Crippen LogP contribution in [-0.2, 0) is 10.2 Å². The molecule has 0 unspecified atom stereocenters. The van der Waals surface area contributed by atoms with Gasteiger partial charge in [0.05, 0.1) is 17.0 Å². The average molecular weight is 490 g/mol. The van der Waals surface area contributed by atoms with Gasteiger partial charge in [-0.25, -0.2) is 9.78 Å². The van der Waals surface area contributed by atoms with Gasteiger partial charge in [-0.05, 0) is 97.6 Å². The normalized spacial score (nSPS) is 26.7. The zero-order valence-corrected chi connectivity index (χ0v) is 20.9. The van der Waals surface area contributed by atoms with E-state index in [4.69, 9.17) is 9.47 Å². The van der Waals surface area contributed by atoms with Crippen LogP contribution >= 0.6 is 11.3 Å². The van der Waals surface area contributed by atoms with Crippen LogP contribution in [0.2, 0.25) is 0 Å². The van der Waals surface area contributed by atoms with Gasteiger partial charge < -0.3 is 14.6 Å². The Balaban J connectivity index is 1.34. The number of hydrogen-bond donors (Lipinski definition) is 1. The molecule has 0 atom stereocenters. The van der Waals surface area contributed by atoms with E-state index in [0.29, 0.717) is 13.2 Å². The van der Waals surface area contributed by atoms with Gasteiger partial charge >= 0.3 is 5.97 Å². The standard InChI is InChI=1S/C29H31NO4S/c1-33-8-9-34-25-7-6-23(13-24(25)29-14-18-10-19(15-29)12-20(11-18)16-29)26-17-30-27(35-26)21-2-4-22(5-3-21)28(31)32/h2-7,13,17-20H,8-12,14-16H2,1H3,(H,31,32). The lowest BCUT2D eigenvalue weighted by atomic mass is 9.48. The van der Waals surface area contributed by atoms with Crippen molar-refractivity contribution in [2.45, 2.75) is 43.9 Å². The second-order valence-electron chi connectivity index (χ2n) is 10.7. The number of carboxylic acid groups (broad SMARTS) is 1. The highest BCUT2D eigenvalue weighted by Gasteiger charge is 2.52. The lowest BCUT2D eigenvalue weighted by Gasteiger charge is -2.57. The first kappa shape index (κ1) is 22.7. The molecule has 4 aliphatic carbocycles. The van der Waals surface area contributed by atoms with Crippen LogP contribution in [-0.4, -0.2) is 36.4 Å². The Hall–Kier alpha value is -2.70. The van der Waals surface area contributed by atoms with Crippen LogP contribution in [0.15, 0.2) is 48.7 Å². The summed E-state index contributed by atoms with van der Waals surface area (Å²) >= 11 is 1.65. The van der Waals surface area contributed by atoms with Gasteiger partial charge in [0, 0.05) is 24.4 Å². The molecule has 35 heavy (non-hydrogen) atoms. The molecule has 0 spiro atoms. The number of thiazole rings is 1. The first-order valence-corrected chi connectivity index (χ1v) is 13.4. The summed E-state index contributed by atoms with van der Waals surface area (Å²) in [7, 11) is 1.71. The maximum Gasteiger partial charge on any atom is 0.335 e. The minimum atomic E-state index is -0.915. The third-order valence-electron chi connectivity index (χ3n) is 8.30. The number of carboxylic acids is 1. The van der Waals surface area contributed by atoms with Gasteiger partial charge in [0.1, 0.15) is 17.4 Å². The summed E-state index contributed by atoms with van der Waals surface area (Å²) < 4.78 is 11.5. The predicted molar refractivity (Wildman–Crippen MR) is 137 cm³/mol. The molecule has 182 valence electrons. The third kappa shape index (κ3) is 4.27. The number of benzene rings is 2. The Bertz CT molecular complexity index is 1200. The van der Waals surface area contributed by atoms with Crippen LogP contribution in [0.3, 0.4) is 0 Å². The first-order chi connectivity index (χ1) is 17.0. The molecule has 0 radical (unpaired) electrons. The van der Waals surface area contributed by atoms with E-state index in [1.54, 1.807) is 30.6 Å². The molecular formula is C29H31NO4S. The maximum atomic E-state index is 11.2. The number of aromatic nitrogens is 1. The molecule has 1 N–H and O–H groups in total. The molecule has 4 aliphatic rings. The zero-order valence-electron chi connectivity index (χ0n) is 20.0. The van der Waals surface area contributed by atoms with Crippen LogP contribution in [0, 0.1) is 17.8 Å². The zero-order chi connectivity index (χ0) is 24.0. The fourth-order valence-corrected chi connectivity index (χ4v) is 8.11. The van der Waals surface area contributed by atoms with E-state index in [0.717, 1.165) is 39.0 Å². The van der Waals surface area contributed by atoms with E-state index >= 15 is 0 Å². The van der Waals surface area contributed by atoms with Crippen LogP contribution in [0.1, 0.15) is 54.4 Å². The van der Waals surface area contributed by atoms with Crippen LogP contribution in [0.4, 0.5) is 0 Å². The van der Waals surface area contributed by atoms with Crippen molar-refractivity contribution < 1.29 is 19.4 Å². The molecule has 1 aromatic heterocycles. The second-order valence-corrected chi connectivity index (χ2v) is 11.7. The van der Waals surface area contributed by atoms with E-state index < -0.39 is 5.97 Å². The molecule has 0 saturated heterocycles. The number of carbonyl (C=O) groups is 1. The summed E-state index contributed by atoms with van der Waals surface area (Å²) in [5, 5.41) is 10.1. The van der Waals surface area contributed by atoms with Crippen molar-refractivity contribution in [3.8, 4) is 26.8 Å². The van der Waals surface area contributed by atoms with Crippen LogP contribution < -0.4 is 4.74 Å². The lowest BCUT2D eigenvalue weighted by molar-refractivity contribution is -0.00658. The minimum absolute atomic E-state index is 0.230. The molecule has 2 aromatic carbocycles. The van der Waals surface area contributed by atoms with Gasteiger partial charge in [-0.2, -0.15) is 0 Å². The molecule has 4 fully saturated rings. The first-order valence-electron chi connectivity index (χ1n) is 12.6. The Morgan fingerprint density at radius 1 is 1.00 bits per heavy atom. The summed E-state index contributed by atoms with van der Waals surface area (Å²) in [6.45, 7) is 1.15. The molecule has 0 amide bonds. The summed E-state index contributed by atoms with van der Waals surface area (Å²) in [6.07, 6.45) is 10.0. The van der Waals surface area contributed by atoms with Crippen molar-refractivity contribution in [2.24, 2.45) is 17.8 Å². The topological polar surface area (TPSA) is 68.7 Å². The Kier molecular flexibility index (Phi) is 5.89. The van der Waals surface area contributed by atoms with E-state index in [1.807, 2.05) is 18.3 Å². The molecule has 1 heterocycles. The van der Waals surface area contributed by atoms with Gasteiger partial charge in [0.15, 0.2) is 0 Å². The number of nitrogens with zero attached hydrogens (tertiary/aromatic N) is 1. The predicted octanol–water partition coefficient (Wildman–Crippen LogP) is 6.67. The SMILES string of the molecule is COCCOc1ccc(-c2cnc(-c3ccc(C(=O)O)cc3)s2)cc1C12CC3CC(CC(C3)C1)C2. The van der Waals surface area contributed by atoms with Gasteiger partial charge in [-0.1, -0.05) is 12.1 Å². The summed E-state index contributed by atoms with van der Waals surface area (Å²) in [5.41, 5.74) is 4.02. The van der Waals surface area contributed by atoms with Crippen molar-refractivity contribution >= 4 is 17.3 Å². The number of aromatic carboxylic acids is 1. The molecule has 0 aliphatic heterocycles. The van der Waals surface area contributed by atoms with Crippen molar-refractivity contribution in [3.05, 3.63) is 59.8 Å². The van der Waals surface area contributed by atoms with Crippen molar-refractivity contribution in [3.63, 3.8) is 0 Å². The number of rotatable bonds is 8. The largest absolute Gasteiger partial charge is 0.491 e. The highest BCUT2D eigenvalue weighted by molar-refractivity contribution is 7.18. The average Bonchev–Trinajstić information content (AvgIpc) is 3.34. The Labute approximate surface area is 210 Å². The van der Waals surface area contributed by atoms with Crippen molar-refractivity contribution in [1.82, 2.24) is 4.98 Å². The second kappa shape index (κ2) is 9.07. The lowest BCUT2D eigenvalue weighted by Crippen LogP contribution is -2.48. The smallest absolute Gasteiger partial charge is 0.335 e. The third-order valence-corrected chi connectivity index (χ3v) is 9.40. The number of methoxy groups -OCH3 is 1. The van der Waals surface area contributed by atoms with Crippen molar-refractivity contribution in [1.29, 1.82) is 0 Å². The molecule has 5 nitrogen and oxygen atoms in total. The summed E-state index contributed by atoms with van der Waals surface area (Å²) in [4.78, 5) is 17.0. The monoisotopic (exact) mass is 489 g/mol. The maximum absolute atomic E-state index is 11.2. The summed E-state index contributed by atoms with van der Waals surface area (Å²) in [5.74, 6) is 2.68.